The van der Waals surface area contributed by atoms with Gasteiger partial charge in [-0.15, -0.1) is 34.9 Å². The fraction of sp³-hybridized carbons (Fsp3) is 0.429. The van der Waals surface area contributed by atoms with Crippen LogP contribution in [0.5, 0.6) is 0 Å². The molecule has 23 heavy (non-hydrogen) atoms. The van der Waals surface area contributed by atoms with Crippen molar-refractivity contribution in [2.45, 2.75) is 19.2 Å². The summed E-state index contributed by atoms with van der Waals surface area (Å²) in [7, 11) is 0. The first-order chi connectivity index (χ1) is 11.0. The maximum absolute atomic E-state index is 12.0. The molecule has 0 bridgehead atoms. The lowest BCUT2D eigenvalue weighted by atomic mass is 10.1. The van der Waals surface area contributed by atoms with Crippen LogP contribution in [0.1, 0.15) is 11.8 Å². The van der Waals surface area contributed by atoms with Crippen molar-refractivity contribution in [2.24, 2.45) is 10.9 Å². The van der Waals surface area contributed by atoms with Crippen LogP contribution in [0, 0.1) is 12.8 Å². The number of hydrogen-bond acceptors (Lipinski definition) is 7. The Morgan fingerprint density at radius 1 is 1.48 bits per heavy atom. The summed E-state index contributed by atoms with van der Waals surface area (Å²) in [5, 5.41) is 6.15. The zero-order valence-electron chi connectivity index (χ0n) is 12.7. The topological polar surface area (TPSA) is 83.5 Å². The third-order valence-electron chi connectivity index (χ3n) is 3.22. The Morgan fingerprint density at radius 2 is 2.30 bits per heavy atom. The Bertz CT molecular complexity index is 698. The number of rotatable bonds is 5. The third-order valence-corrected chi connectivity index (χ3v) is 6.14. The minimum absolute atomic E-state index is 0.00679. The van der Waals surface area contributed by atoms with Gasteiger partial charge in [-0.25, -0.2) is 4.98 Å². The maximum Gasteiger partial charge on any atom is 0.236 e. The second kappa shape index (κ2) is 7.06. The van der Waals surface area contributed by atoms with E-state index in [1.807, 2.05) is 19.9 Å². The van der Waals surface area contributed by atoms with E-state index in [1.165, 1.54) is 23.1 Å². The number of nitrogens with zero attached hydrogens (tertiary/aromatic N) is 2. The average Bonchev–Trinajstić information content (AvgIpc) is 3.04. The van der Waals surface area contributed by atoms with Gasteiger partial charge in [0.25, 0.3) is 0 Å². The number of amidine groups is 1. The number of nitrogens with one attached hydrogen (secondary N) is 2. The third kappa shape index (κ3) is 4.15. The number of allylic oxidation sites excluding steroid dienone is 1. The summed E-state index contributed by atoms with van der Waals surface area (Å²) in [6.45, 7) is 3.93. The molecule has 0 saturated heterocycles. The quantitative estimate of drug-likeness (QED) is 0.833. The van der Waals surface area contributed by atoms with Gasteiger partial charge in [-0.3, -0.25) is 14.6 Å². The molecule has 3 rings (SSSR count). The first-order valence-electron chi connectivity index (χ1n) is 7.04. The molecule has 9 heteroatoms. The Balaban J connectivity index is 1.46. The molecule has 1 aromatic rings. The van der Waals surface area contributed by atoms with Gasteiger partial charge in [0.15, 0.2) is 5.13 Å². The number of anilines is 1. The van der Waals surface area contributed by atoms with Crippen LogP contribution in [0.3, 0.4) is 0 Å². The van der Waals surface area contributed by atoms with Crippen molar-refractivity contribution < 1.29 is 9.59 Å². The number of aromatic nitrogens is 1. The number of amides is 2. The Morgan fingerprint density at radius 3 is 3.04 bits per heavy atom. The minimum Gasteiger partial charge on any atom is -0.313 e. The molecule has 0 aromatic carbocycles. The zero-order valence-corrected chi connectivity index (χ0v) is 15.1. The molecule has 2 amide bonds. The molecule has 0 radical (unpaired) electrons. The number of aliphatic imine (C=N–C) groups is 1. The molecule has 6 nitrogen and oxygen atoms in total. The van der Waals surface area contributed by atoms with E-state index in [0.29, 0.717) is 22.5 Å². The number of hydrogen-bond donors (Lipinski definition) is 2. The van der Waals surface area contributed by atoms with Gasteiger partial charge in [-0.05, 0) is 18.8 Å². The highest BCUT2D eigenvalue weighted by Gasteiger charge is 2.36. The van der Waals surface area contributed by atoms with Crippen molar-refractivity contribution in [2.75, 3.05) is 16.8 Å². The van der Waals surface area contributed by atoms with Crippen molar-refractivity contribution >= 4 is 57.6 Å². The van der Waals surface area contributed by atoms with E-state index in [0.717, 1.165) is 9.78 Å². The number of carbonyl (C=O) groups is 2. The number of thioether (sulfide) groups is 2. The van der Waals surface area contributed by atoms with Crippen molar-refractivity contribution in [1.82, 2.24) is 10.3 Å². The van der Waals surface area contributed by atoms with Crippen LogP contribution in [0.15, 0.2) is 22.2 Å². The van der Waals surface area contributed by atoms with E-state index in [-0.39, 0.29) is 23.1 Å². The molecule has 0 aliphatic carbocycles. The highest BCUT2D eigenvalue weighted by atomic mass is 32.2. The highest BCUT2D eigenvalue weighted by molar-refractivity contribution is 8.04. The molecule has 3 heterocycles. The first kappa shape index (κ1) is 16.5. The minimum atomic E-state index is -0.162. The van der Waals surface area contributed by atoms with Crippen LogP contribution < -0.4 is 10.6 Å². The molecule has 2 aliphatic heterocycles. The van der Waals surface area contributed by atoms with Crippen LogP contribution >= 0.6 is 34.9 Å². The van der Waals surface area contributed by atoms with Crippen LogP contribution in [0.25, 0.3) is 0 Å². The fourth-order valence-electron chi connectivity index (χ4n) is 2.24. The van der Waals surface area contributed by atoms with E-state index < -0.39 is 0 Å². The lowest BCUT2D eigenvalue weighted by Gasteiger charge is -2.22. The maximum atomic E-state index is 12.0. The van der Waals surface area contributed by atoms with Gasteiger partial charge in [-0.2, -0.15) is 0 Å². The molecule has 2 atom stereocenters. The van der Waals surface area contributed by atoms with Gasteiger partial charge in [0, 0.05) is 11.1 Å². The molecule has 0 spiro atoms. The van der Waals surface area contributed by atoms with Crippen molar-refractivity contribution in [3.63, 3.8) is 0 Å². The summed E-state index contributed by atoms with van der Waals surface area (Å²) in [6, 6.07) is 0. The molecule has 2 aliphatic rings. The molecule has 0 saturated carbocycles. The number of fused-ring (bicyclic) bond motifs is 1. The van der Waals surface area contributed by atoms with E-state index >= 15 is 0 Å². The molecule has 0 fully saturated rings. The highest BCUT2D eigenvalue weighted by Crippen LogP contribution is 2.38. The van der Waals surface area contributed by atoms with E-state index in [2.05, 4.69) is 20.6 Å². The van der Waals surface area contributed by atoms with Gasteiger partial charge in [0.1, 0.15) is 11.2 Å². The Labute approximate surface area is 146 Å². The van der Waals surface area contributed by atoms with Gasteiger partial charge >= 0.3 is 0 Å². The van der Waals surface area contributed by atoms with Crippen molar-refractivity contribution in [1.29, 1.82) is 0 Å². The summed E-state index contributed by atoms with van der Waals surface area (Å²) < 4.78 is 0. The monoisotopic (exact) mass is 368 g/mol. The van der Waals surface area contributed by atoms with Crippen molar-refractivity contribution in [3.8, 4) is 0 Å². The number of thiazole rings is 1. The van der Waals surface area contributed by atoms with Gasteiger partial charge < -0.3 is 10.6 Å². The first-order valence-corrected chi connectivity index (χ1v) is 9.89. The molecule has 122 valence electrons. The average molecular weight is 369 g/mol. The Kier molecular flexibility index (Phi) is 5.08. The number of aryl methyl sites for hydroxylation is 1. The second-order valence-electron chi connectivity index (χ2n) is 5.19. The zero-order chi connectivity index (χ0) is 16.4. The summed E-state index contributed by atoms with van der Waals surface area (Å²) in [5.41, 5.74) is 0. The lowest BCUT2D eigenvalue weighted by Crippen LogP contribution is -2.44. The largest absolute Gasteiger partial charge is 0.313 e. The molecule has 1 aromatic heterocycles. The molecular formula is C14H16N4O2S3. The number of carbonyl (C=O) groups excluding carboxylic acids is 2. The predicted molar refractivity (Wildman–Crippen MR) is 97.0 cm³/mol. The van der Waals surface area contributed by atoms with Crippen LogP contribution in [0.2, 0.25) is 0 Å². The normalized spacial score (nSPS) is 23.0. The predicted octanol–water partition coefficient (Wildman–Crippen LogP) is 2.24. The van der Waals surface area contributed by atoms with E-state index in [4.69, 9.17) is 0 Å². The standard InChI is InChI=1S/C14H16N4O2S3/c1-7-3-9-12(20)16-10(17-13(9)22-7)5-21-6-11(19)18-14-15-4-8(2)23-14/h3-4,9,13H,5-6H2,1-2H3,(H,15,18,19)(H,16,17,20)/t9-,13+/m0/s1. The fourth-order valence-corrected chi connectivity index (χ4v) is 4.76. The molecular weight excluding hydrogens is 352 g/mol. The van der Waals surface area contributed by atoms with Crippen LogP contribution in [-0.4, -0.2) is 39.5 Å². The summed E-state index contributed by atoms with van der Waals surface area (Å²) in [5.74, 6) is 1.19. The summed E-state index contributed by atoms with van der Waals surface area (Å²) in [4.78, 5) is 34.7. The second-order valence-corrected chi connectivity index (χ2v) is 8.78. The van der Waals surface area contributed by atoms with E-state index in [1.54, 1.807) is 18.0 Å². The van der Waals surface area contributed by atoms with Gasteiger partial charge in [-0.1, -0.05) is 6.08 Å². The summed E-state index contributed by atoms with van der Waals surface area (Å²) >= 11 is 4.49. The van der Waals surface area contributed by atoms with Crippen LogP contribution in [0.4, 0.5) is 5.13 Å². The smallest absolute Gasteiger partial charge is 0.236 e. The SMILES string of the molecule is CC1=C[C@H]2C(=O)NC(CSCC(=O)Nc3ncc(C)s3)=N[C@@H]2S1. The molecule has 0 unspecified atom stereocenters. The van der Waals surface area contributed by atoms with Gasteiger partial charge in [0.2, 0.25) is 11.8 Å². The van der Waals surface area contributed by atoms with E-state index in [9.17, 15) is 9.59 Å². The Hall–Kier alpha value is -1.32. The van der Waals surface area contributed by atoms with Gasteiger partial charge in [0.05, 0.1) is 17.4 Å². The lowest BCUT2D eigenvalue weighted by molar-refractivity contribution is -0.122. The van der Waals surface area contributed by atoms with Crippen molar-refractivity contribution in [3.05, 3.63) is 22.1 Å². The molecule has 2 N–H and O–H groups in total. The van der Waals surface area contributed by atoms with Crippen LogP contribution in [-0.2, 0) is 9.59 Å². The summed E-state index contributed by atoms with van der Waals surface area (Å²) in [6.07, 6.45) is 3.69.